The Balaban J connectivity index is 2.57. The smallest absolute Gasteiger partial charge is 0.216 e. The summed E-state index contributed by atoms with van der Waals surface area (Å²) in [5.74, 6) is 0.750. The number of ether oxygens (including phenoxy) is 1. The highest BCUT2D eigenvalue weighted by Gasteiger charge is 2.12. The minimum Gasteiger partial charge on any atom is -0.382 e. The van der Waals surface area contributed by atoms with E-state index < -0.39 is 10.0 Å². The van der Waals surface area contributed by atoms with Gasteiger partial charge in [0.2, 0.25) is 10.0 Å². The van der Waals surface area contributed by atoms with E-state index in [2.05, 4.69) is 20.3 Å². The molecule has 0 radical (unpaired) electrons. The van der Waals surface area contributed by atoms with Crippen molar-refractivity contribution in [2.45, 2.75) is 52.5 Å². The zero-order valence-corrected chi connectivity index (χ0v) is 17.7. The van der Waals surface area contributed by atoms with E-state index in [0.29, 0.717) is 6.54 Å². The molecule has 0 amide bonds. The van der Waals surface area contributed by atoms with Gasteiger partial charge in [0.05, 0.1) is 12.3 Å². The maximum atomic E-state index is 12.0. The molecule has 0 spiro atoms. The van der Waals surface area contributed by atoms with E-state index >= 15 is 0 Å². The lowest BCUT2D eigenvalue weighted by molar-refractivity contribution is 0.145. The van der Waals surface area contributed by atoms with Crippen LogP contribution in [0.1, 0.15) is 45.2 Å². The molecule has 0 fully saturated rings. The van der Waals surface area contributed by atoms with Crippen molar-refractivity contribution in [3.05, 3.63) is 35.4 Å². The van der Waals surface area contributed by atoms with Crippen molar-refractivity contribution >= 4 is 16.0 Å². The predicted octanol–water partition coefficient (Wildman–Crippen LogP) is 2.00. The number of hydrogen-bond donors (Lipinski definition) is 3. The quantitative estimate of drug-likeness (QED) is 0.285. The average molecular weight is 399 g/mol. The zero-order chi connectivity index (χ0) is 20.1. The molecule has 3 N–H and O–H groups in total. The molecule has 154 valence electrons. The second-order valence-corrected chi connectivity index (χ2v) is 8.27. The number of guanidine groups is 1. The maximum Gasteiger partial charge on any atom is 0.216 e. The topological polar surface area (TPSA) is 91.8 Å². The highest BCUT2D eigenvalue weighted by atomic mass is 32.2. The molecule has 27 heavy (non-hydrogen) atoms. The van der Waals surface area contributed by atoms with E-state index in [1.165, 1.54) is 0 Å². The van der Waals surface area contributed by atoms with Crippen LogP contribution in [-0.4, -0.2) is 46.7 Å². The van der Waals surface area contributed by atoms with Gasteiger partial charge < -0.3 is 15.4 Å². The monoisotopic (exact) mass is 398 g/mol. The molecule has 0 unspecified atom stereocenters. The van der Waals surface area contributed by atoms with Gasteiger partial charge >= 0.3 is 0 Å². The Hall–Kier alpha value is -1.64. The largest absolute Gasteiger partial charge is 0.382 e. The molecule has 0 atom stereocenters. The van der Waals surface area contributed by atoms with Gasteiger partial charge in [-0.25, -0.2) is 18.1 Å². The summed E-state index contributed by atoms with van der Waals surface area (Å²) < 4.78 is 31.9. The Morgan fingerprint density at radius 2 is 1.78 bits per heavy atom. The van der Waals surface area contributed by atoms with Crippen molar-refractivity contribution in [3.8, 4) is 0 Å². The summed E-state index contributed by atoms with van der Waals surface area (Å²) in [6.45, 7) is 11.2. The molecule has 1 aromatic carbocycles. The van der Waals surface area contributed by atoms with Crippen LogP contribution in [0, 0.1) is 0 Å². The summed E-state index contributed by atoms with van der Waals surface area (Å²) in [6, 6.07) is 7.42. The molecule has 0 saturated carbocycles. The summed E-state index contributed by atoms with van der Waals surface area (Å²) in [5, 5.41) is 6.50. The van der Waals surface area contributed by atoms with Gasteiger partial charge in [-0.3, -0.25) is 0 Å². The van der Waals surface area contributed by atoms with Crippen LogP contribution in [0.25, 0.3) is 0 Å². The first-order valence-corrected chi connectivity index (χ1v) is 11.2. The van der Waals surface area contributed by atoms with Crippen LogP contribution in [0.5, 0.6) is 0 Å². The Morgan fingerprint density at radius 3 is 2.37 bits per heavy atom. The normalized spacial score (nSPS) is 12.4. The van der Waals surface area contributed by atoms with Gasteiger partial charge in [0.1, 0.15) is 0 Å². The molecule has 0 bridgehead atoms. The van der Waals surface area contributed by atoms with Crippen molar-refractivity contribution in [2.24, 2.45) is 4.99 Å². The molecule has 0 aliphatic carbocycles. The van der Waals surface area contributed by atoms with E-state index in [1.807, 2.05) is 52.0 Å². The zero-order valence-electron chi connectivity index (χ0n) is 16.9. The fourth-order valence-corrected chi connectivity index (χ4v) is 3.83. The van der Waals surface area contributed by atoms with E-state index in [9.17, 15) is 8.42 Å². The summed E-state index contributed by atoms with van der Waals surface area (Å²) >= 11 is 0. The highest BCUT2D eigenvalue weighted by molar-refractivity contribution is 7.88. The third kappa shape index (κ3) is 10.9. The lowest BCUT2D eigenvalue weighted by Crippen LogP contribution is -2.38. The molecular weight excluding hydrogens is 364 g/mol. The van der Waals surface area contributed by atoms with Crippen LogP contribution in [0.2, 0.25) is 0 Å². The number of nitrogens with zero attached hydrogens (tertiary/aromatic N) is 1. The molecule has 8 heteroatoms. The fourth-order valence-electron chi connectivity index (χ4n) is 2.40. The van der Waals surface area contributed by atoms with Crippen LogP contribution >= 0.6 is 0 Å². The summed E-state index contributed by atoms with van der Waals surface area (Å²) in [7, 11) is -3.30. The molecular formula is C19H34N4O3S. The first-order valence-electron chi connectivity index (χ1n) is 9.54. The van der Waals surface area contributed by atoms with E-state index in [4.69, 9.17) is 4.74 Å². The Bertz CT molecular complexity index is 658. The van der Waals surface area contributed by atoms with Gasteiger partial charge in [-0.2, -0.15) is 0 Å². The lowest BCUT2D eigenvalue weighted by atomic mass is 10.1. The number of rotatable bonds is 12. The number of sulfonamides is 1. The lowest BCUT2D eigenvalue weighted by Gasteiger charge is -2.11. The second kappa shape index (κ2) is 12.7. The standard InChI is InChI=1S/C19H34N4O3S/c1-5-20-19(21-12-7-13-26-6-2)22-14-17-8-10-18(11-9-17)15-27(24,25)23-16(3)4/h8-11,16,23H,5-7,12-15H2,1-4H3,(H2,20,21,22). The van der Waals surface area contributed by atoms with Crippen molar-refractivity contribution in [1.29, 1.82) is 0 Å². The van der Waals surface area contributed by atoms with Gasteiger partial charge in [-0.1, -0.05) is 24.3 Å². The van der Waals surface area contributed by atoms with Crippen molar-refractivity contribution in [2.75, 3.05) is 26.3 Å². The molecule has 0 saturated heterocycles. The van der Waals surface area contributed by atoms with E-state index in [1.54, 1.807) is 0 Å². The minimum absolute atomic E-state index is 0.0151. The summed E-state index contributed by atoms with van der Waals surface area (Å²) in [4.78, 5) is 4.57. The minimum atomic E-state index is -3.30. The first kappa shape index (κ1) is 23.4. The number of aliphatic imine (C=N–C) groups is 1. The van der Waals surface area contributed by atoms with E-state index in [-0.39, 0.29) is 11.8 Å². The van der Waals surface area contributed by atoms with Crippen LogP contribution < -0.4 is 15.4 Å². The maximum absolute atomic E-state index is 12.0. The van der Waals surface area contributed by atoms with Crippen molar-refractivity contribution in [1.82, 2.24) is 15.4 Å². The fraction of sp³-hybridized carbons (Fsp3) is 0.632. The predicted molar refractivity (Wildman–Crippen MR) is 111 cm³/mol. The first-order chi connectivity index (χ1) is 12.9. The van der Waals surface area contributed by atoms with Gasteiger partial charge in [-0.15, -0.1) is 0 Å². The average Bonchev–Trinajstić information content (AvgIpc) is 2.59. The Morgan fingerprint density at radius 1 is 1.11 bits per heavy atom. The Labute approximate surface area is 164 Å². The van der Waals surface area contributed by atoms with Crippen LogP contribution in [0.4, 0.5) is 0 Å². The molecule has 0 aliphatic rings. The molecule has 0 aromatic heterocycles. The summed E-state index contributed by atoms with van der Waals surface area (Å²) in [5.41, 5.74) is 1.79. The van der Waals surface area contributed by atoms with Gasteiger partial charge in [-0.05, 0) is 45.2 Å². The number of benzene rings is 1. The van der Waals surface area contributed by atoms with Crippen molar-refractivity contribution in [3.63, 3.8) is 0 Å². The number of hydrogen-bond acceptors (Lipinski definition) is 4. The SMILES string of the molecule is CCNC(=NCc1ccc(CS(=O)(=O)NC(C)C)cc1)NCCCOCC. The molecule has 1 rings (SSSR count). The van der Waals surface area contributed by atoms with E-state index in [0.717, 1.165) is 49.8 Å². The van der Waals surface area contributed by atoms with Gasteiger partial charge in [0, 0.05) is 32.3 Å². The molecule has 1 aromatic rings. The highest BCUT2D eigenvalue weighted by Crippen LogP contribution is 2.09. The molecule has 7 nitrogen and oxygen atoms in total. The van der Waals surface area contributed by atoms with Crippen LogP contribution in [0.3, 0.4) is 0 Å². The van der Waals surface area contributed by atoms with Crippen molar-refractivity contribution < 1.29 is 13.2 Å². The number of nitrogens with one attached hydrogen (secondary N) is 3. The van der Waals surface area contributed by atoms with Crippen LogP contribution in [-0.2, 0) is 27.1 Å². The van der Waals surface area contributed by atoms with Gasteiger partial charge in [0.15, 0.2) is 5.96 Å². The third-order valence-electron chi connectivity index (χ3n) is 3.52. The second-order valence-electron chi connectivity index (χ2n) is 6.52. The molecule has 0 heterocycles. The third-order valence-corrected chi connectivity index (χ3v) is 5.06. The van der Waals surface area contributed by atoms with Gasteiger partial charge in [0.25, 0.3) is 0 Å². The Kier molecular flexibility index (Phi) is 11.0. The van der Waals surface area contributed by atoms with Crippen LogP contribution in [0.15, 0.2) is 29.3 Å². The summed E-state index contributed by atoms with van der Waals surface area (Å²) in [6.07, 6.45) is 0.922. The molecule has 0 aliphatic heterocycles.